The molecule has 1 atom stereocenters. The van der Waals surface area contributed by atoms with E-state index in [0.29, 0.717) is 16.3 Å². The van der Waals surface area contributed by atoms with Crippen LogP contribution < -0.4 is 0 Å². The van der Waals surface area contributed by atoms with E-state index in [4.69, 9.17) is 21.1 Å². The van der Waals surface area contributed by atoms with Crippen LogP contribution in [0.3, 0.4) is 0 Å². The zero-order valence-electron chi connectivity index (χ0n) is 15.1. The molecule has 1 heterocycles. The molecule has 1 aliphatic rings. The molecule has 1 aromatic carbocycles. The largest absolute Gasteiger partial charge is 0.465 e. The van der Waals surface area contributed by atoms with Crippen molar-refractivity contribution >= 4 is 29.4 Å². The molecule has 0 fully saturated rings. The molecule has 0 spiro atoms. The predicted octanol–water partition coefficient (Wildman–Crippen LogP) is 3.06. The zero-order valence-corrected chi connectivity index (χ0v) is 15.8. The number of ether oxygens (including phenoxy) is 2. The number of hydrogen-bond acceptors (Lipinski definition) is 5. The van der Waals surface area contributed by atoms with Crippen LogP contribution in [0.25, 0.3) is 0 Å². The van der Waals surface area contributed by atoms with E-state index in [-0.39, 0.29) is 32.1 Å². The maximum atomic E-state index is 12.6. The molecule has 1 amide bonds. The van der Waals surface area contributed by atoms with Gasteiger partial charge in [-0.2, -0.15) is 0 Å². The van der Waals surface area contributed by atoms with Crippen LogP contribution in [0.5, 0.6) is 0 Å². The lowest BCUT2D eigenvalue weighted by Gasteiger charge is -2.33. The van der Waals surface area contributed by atoms with E-state index in [1.807, 2.05) is 0 Å². The summed E-state index contributed by atoms with van der Waals surface area (Å²) in [5, 5.41) is 0.568. The van der Waals surface area contributed by atoms with Crippen molar-refractivity contribution in [1.29, 1.82) is 0 Å². The van der Waals surface area contributed by atoms with Crippen LogP contribution in [-0.4, -0.2) is 42.5 Å². The molecule has 7 heteroatoms. The van der Waals surface area contributed by atoms with Gasteiger partial charge in [-0.15, -0.1) is 0 Å². The molecule has 0 unspecified atom stereocenters. The number of allylic oxidation sites excluding steroid dienone is 1. The van der Waals surface area contributed by atoms with E-state index < -0.39 is 17.9 Å². The van der Waals surface area contributed by atoms with Crippen LogP contribution in [-0.2, 0) is 23.9 Å². The van der Waals surface area contributed by atoms with Gasteiger partial charge < -0.3 is 14.4 Å². The molecule has 0 radical (unpaired) electrons. The summed E-state index contributed by atoms with van der Waals surface area (Å²) in [6.07, 6.45) is 0.0620. The summed E-state index contributed by atoms with van der Waals surface area (Å²) >= 11 is 5.94. The van der Waals surface area contributed by atoms with E-state index in [9.17, 15) is 14.4 Å². The van der Waals surface area contributed by atoms with Gasteiger partial charge in [-0.3, -0.25) is 9.59 Å². The summed E-state index contributed by atoms with van der Waals surface area (Å²) in [5.41, 5.74) is 1.58. The van der Waals surface area contributed by atoms with Crippen LogP contribution >= 0.6 is 11.6 Å². The minimum atomic E-state index is -0.520. The van der Waals surface area contributed by atoms with Gasteiger partial charge in [-0.1, -0.05) is 23.7 Å². The van der Waals surface area contributed by atoms with E-state index in [0.717, 1.165) is 5.56 Å². The first-order valence-corrected chi connectivity index (χ1v) is 8.86. The molecule has 0 saturated carbocycles. The Hall–Kier alpha value is -2.34. The zero-order chi connectivity index (χ0) is 19.3. The third-order valence-electron chi connectivity index (χ3n) is 4.18. The number of rotatable bonds is 6. The van der Waals surface area contributed by atoms with Gasteiger partial charge in [0.05, 0.1) is 18.8 Å². The molecule has 6 nitrogen and oxygen atoms in total. The van der Waals surface area contributed by atoms with Crippen LogP contribution in [0, 0.1) is 0 Å². The number of benzene rings is 1. The lowest BCUT2D eigenvalue weighted by atomic mass is 9.83. The Kier molecular flexibility index (Phi) is 6.80. The predicted molar refractivity (Wildman–Crippen MR) is 96.5 cm³/mol. The first-order chi connectivity index (χ1) is 12.4. The van der Waals surface area contributed by atoms with Crippen molar-refractivity contribution in [3.05, 3.63) is 46.1 Å². The molecule has 0 N–H and O–H groups in total. The number of halogens is 1. The number of nitrogens with zero attached hydrogens (tertiary/aromatic N) is 1. The van der Waals surface area contributed by atoms with Crippen LogP contribution in [0.15, 0.2) is 35.5 Å². The molecule has 0 aromatic heterocycles. The Morgan fingerprint density at radius 3 is 2.35 bits per heavy atom. The van der Waals surface area contributed by atoms with Crippen molar-refractivity contribution in [2.75, 3.05) is 19.8 Å². The molecule has 1 aliphatic heterocycles. The summed E-state index contributed by atoms with van der Waals surface area (Å²) in [5.74, 6) is -1.71. The number of carbonyl (C=O) groups excluding carboxylic acids is 3. The van der Waals surface area contributed by atoms with E-state index >= 15 is 0 Å². The van der Waals surface area contributed by atoms with Gasteiger partial charge in [-0.25, -0.2) is 4.79 Å². The fraction of sp³-hybridized carbons (Fsp3) is 0.421. The van der Waals surface area contributed by atoms with Crippen molar-refractivity contribution in [2.45, 2.75) is 33.1 Å². The van der Waals surface area contributed by atoms with Crippen LogP contribution in [0.1, 0.15) is 38.7 Å². The molecule has 140 valence electrons. The van der Waals surface area contributed by atoms with Crippen LogP contribution in [0.4, 0.5) is 0 Å². The second-order valence-corrected chi connectivity index (χ2v) is 6.25. The van der Waals surface area contributed by atoms with Crippen molar-refractivity contribution in [3.8, 4) is 0 Å². The normalized spacial score (nSPS) is 17.3. The van der Waals surface area contributed by atoms with Crippen molar-refractivity contribution in [2.24, 2.45) is 0 Å². The SMILES string of the molecule is CCOC(=O)CN1C(=O)C[C@@H](c2ccc(Cl)cc2)C(C(=O)OCC)=C1C. The molecular weight excluding hydrogens is 358 g/mol. The third-order valence-corrected chi connectivity index (χ3v) is 4.44. The number of hydrogen-bond donors (Lipinski definition) is 0. The monoisotopic (exact) mass is 379 g/mol. The maximum Gasteiger partial charge on any atom is 0.336 e. The first-order valence-electron chi connectivity index (χ1n) is 8.48. The smallest absolute Gasteiger partial charge is 0.336 e. The van der Waals surface area contributed by atoms with E-state index in [2.05, 4.69) is 0 Å². The summed E-state index contributed by atoms with van der Waals surface area (Å²) in [6, 6.07) is 7.00. The number of carbonyl (C=O) groups is 3. The summed E-state index contributed by atoms with van der Waals surface area (Å²) in [6.45, 7) is 5.27. The fourth-order valence-electron chi connectivity index (χ4n) is 2.99. The maximum absolute atomic E-state index is 12.6. The molecule has 0 aliphatic carbocycles. The van der Waals surface area contributed by atoms with E-state index in [1.165, 1.54) is 4.90 Å². The summed E-state index contributed by atoms with van der Waals surface area (Å²) in [7, 11) is 0. The van der Waals surface area contributed by atoms with Crippen molar-refractivity contribution in [1.82, 2.24) is 4.90 Å². The van der Waals surface area contributed by atoms with Gasteiger partial charge in [0.25, 0.3) is 0 Å². The average molecular weight is 380 g/mol. The second-order valence-electron chi connectivity index (χ2n) is 5.81. The summed E-state index contributed by atoms with van der Waals surface area (Å²) < 4.78 is 10.1. The first kappa shape index (κ1) is 20.0. The highest BCUT2D eigenvalue weighted by Crippen LogP contribution is 2.37. The lowest BCUT2D eigenvalue weighted by Crippen LogP contribution is -2.41. The minimum absolute atomic E-state index is 0.0620. The minimum Gasteiger partial charge on any atom is -0.465 e. The molecule has 0 saturated heterocycles. The molecule has 26 heavy (non-hydrogen) atoms. The van der Waals surface area contributed by atoms with Gasteiger partial charge in [0.2, 0.25) is 5.91 Å². The Morgan fingerprint density at radius 2 is 1.77 bits per heavy atom. The molecule has 2 rings (SSSR count). The lowest BCUT2D eigenvalue weighted by molar-refractivity contribution is -0.149. The molecule has 0 bridgehead atoms. The highest BCUT2D eigenvalue weighted by Gasteiger charge is 2.37. The highest BCUT2D eigenvalue weighted by molar-refractivity contribution is 6.30. The fourth-order valence-corrected chi connectivity index (χ4v) is 3.12. The average Bonchev–Trinajstić information content (AvgIpc) is 2.59. The van der Waals surface area contributed by atoms with Gasteiger partial charge in [0.15, 0.2) is 0 Å². The third kappa shape index (κ3) is 4.43. The number of esters is 2. The highest BCUT2D eigenvalue weighted by atomic mass is 35.5. The second kappa shape index (κ2) is 8.85. The Morgan fingerprint density at radius 1 is 1.15 bits per heavy atom. The van der Waals surface area contributed by atoms with Crippen molar-refractivity contribution < 1.29 is 23.9 Å². The van der Waals surface area contributed by atoms with Gasteiger partial charge in [0.1, 0.15) is 6.54 Å². The molecule has 1 aromatic rings. The van der Waals surface area contributed by atoms with E-state index in [1.54, 1.807) is 45.0 Å². The van der Waals surface area contributed by atoms with Crippen LogP contribution in [0.2, 0.25) is 5.02 Å². The molecular formula is C19H22ClNO5. The van der Waals surface area contributed by atoms with Crippen molar-refractivity contribution in [3.63, 3.8) is 0 Å². The van der Waals surface area contributed by atoms with Gasteiger partial charge in [-0.05, 0) is 38.5 Å². The van der Waals surface area contributed by atoms with Gasteiger partial charge in [0, 0.05) is 23.1 Å². The topological polar surface area (TPSA) is 72.9 Å². The van der Waals surface area contributed by atoms with Gasteiger partial charge >= 0.3 is 11.9 Å². The Labute approximate surface area is 157 Å². The summed E-state index contributed by atoms with van der Waals surface area (Å²) in [4.78, 5) is 38.3. The quantitative estimate of drug-likeness (QED) is 0.710. The Balaban J connectivity index is 2.44. The Bertz CT molecular complexity index is 726. The standard InChI is InChI=1S/C19H22ClNO5/c1-4-25-17(23)11-21-12(3)18(19(24)26-5-2)15(10-16(21)22)13-6-8-14(20)9-7-13/h6-9,15H,4-5,10-11H2,1-3H3/t15-/m0/s1. The number of amides is 1.